The number of benzene rings is 1. The van der Waals surface area contributed by atoms with Gasteiger partial charge in [-0.05, 0) is 56.7 Å². The molecule has 4 fully saturated rings. The molecule has 1 aromatic carbocycles. The lowest BCUT2D eigenvalue weighted by molar-refractivity contribution is 0.0251. The molecule has 10 nitrogen and oxygen atoms in total. The van der Waals surface area contributed by atoms with E-state index < -0.39 is 25.4 Å². The normalized spacial score (nSPS) is 27.5. The molecule has 248 valence electrons. The minimum absolute atomic E-state index is 0.0324. The van der Waals surface area contributed by atoms with E-state index in [1.807, 2.05) is 12.1 Å². The number of carbonyl (C=O) groups excluding carboxylic acids is 2. The Balaban J connectivity index is 0.000000201. The third kappa shape index (κ3) is 9.30. The first-order chi connectivity index (χ1) is 21.1. The van der Waals surface area contributed by atoms with Crippen LogP contribution in [0.15, 0.2) is 39.5 Å². The molecule has 0 saturated carbocycles. The second-order valence-corrected chi connectivity index (χ2v) is 16.7. The average Bonchev–Trinajstić information content (AvgIpc) is 3.38. The number of rotatable bonds is 4. The van der Waals surface area contributed by atoms with Gasteiger partial charge in [0.05, 0.1) is 6.10 Å². The van der Waals surface area contributed by atoms with Gasteiger partial charge in [-0.15, -0.1) is 0 Å². The molecule has 4 bridgehead atoms. The van der Waals surface area contributed by atoms with Crippen LogP contribution in [-0.2, 0) is 9.47 Å². The fourth-order valence-corrected chi connectivity index (χ4v) is 7.04. The molecule has 1 aromatic heterocycles. The molecule has 6 rings (SSSR count). The summed E-state index contributed by atoms with van der Waals surface area (Å²) in [4.78, 5) is 39.1. The van der Waals surface area contributed by atoms with Crippen LogP contribution in [0.1, 0.15) is 51.4 Å². The Morgan fingerprint density at radius 3 is 1.73 bits per heavy atom. The number of hydrogen-bond donors (Lipinski definition) is 1. The number of nitrogens with zero attached hydrogens (tertiary/aromatic N) is 2. The molecule has 0 aliphatic carbocycles. The van der Waals surface area contributed by atoms with Crippen LogP contribution in [0.2, 0.25) is 0 Å². The number of alkyl halides is 6. The Labute approximate surface area is 289 Å². The van der Waals surface area contributed by atoms with Crippen LogP contribution in [0.4, 0.5) is 9.59 Å². The van der Waals surface area contributed by atoms with Crippen LogP contribution in [0.5, 0.6) is 5.75 Å². The highest BCUT2D eigenvalue weighted by Crippen LogP contribution is 2.39. The molecule has 2 unspecified atom stereocenters. The molecular formula is C29H32Cl6N2O8. The quantitative estimate of drug-likeness (QED) is 0.259. The maximum atomic E-state index is 12.4. The van der Waals surface area contributed by atoms with Crippen LogP contribution in [0.25, 0.3) is 11.0 Å². The zero-order valence-electron chi connectivity index (χ0n) is 23.9. The van der Waals surface area contributed by atoms with Crippen molar-refractivity contribution in [3.05, 3.63) is 40.8 Å². The summed E-state index contributed by atoms with van der Waals surface area (Å²) in [6.07, 6.45) is 4.94. The standard InChI is InChI=1S/C19H18Cl3NO5.C10H14Cl3NO3/c20-19(21,22)10-26-18(25)23-12-3-4-13(23)8-15(7-12)27-14-5-1-11-2-6-17(24)28-16(11)9-14;11-10(12,13)5-17-9(16)14-6-1-2-7(14)4-8(15)3-6/h1-2,5-6,9,12-13,15H,3-4,7-8,10H2;6-8,15H,1-5H2/t12-,13+,15?;6-,7+,8?. The second-order valence-electron chi connectivity index (χ2n) is 11.7. The van der Waals surface area contributed by atoms with E-state index in [0.717, 1.165) is 31.1 Å². The van der Waals surface area contributed by atoms with E-state index in [9.17, 15) is 19.5 Å². The average molecular weight is 749 g/mol. The lowest BCUT2D eigenvalue weighted by atomic mass is 10.00. The van der Waals surface area contributed by atoms with Crippen LogP contribution in [0.3, 0.4) is 0 Å². The van der Waals surface area contributed by atoms with Gasteiger partial charge in [0, 0.05) is 54.5 Å². The molecule has 4 aliphatic rings. The molecule has 6 atom stereocenters. The van der Waals surface area contributed by atoms with Crippen LogP contribution in [-0.4, -0.2) is 84.3 Å². The van der Waals surface area contributed by atoms with Gasteiger partial charge in [-0.25, -0.2) is 14.4 Å². The predicted octanol–water partition coefficient (Wildman–Crippen LogP) is 7.15. The summed E-state index contributed by atoms with van der Waals surface area (Å²) in [5.74, 6) is 0.637. The lowest BCUT2D eigenvalue weighted by Crippen LogP contribution is -2.49. The zero-order chi connectivity index (χ0) is 32.5. The van der Waals surface area contributed by atoms with Gasteiger partial charge in [0.15, 0.2) is 0 Å². The molecule has 0 spiro atoms. The van der Waals surface area contributed by atoms with Gasteiger partial charge in [-0.3, -0.25) is 0 Å². The van der Waals surface area contributed by atoms with E-state index in [0.29, 0.717) is 37.0 Å². The van der Waals surface area contributed by atoms with Gasteiger partial charge in [-0.2, -0.15) is 0 Å². The molecule has 16 heteroatoms. The van der Waals surface area contributed by atoms with Gasteiger partial charge in [-0.1, -0.05) is 69.6 Å². The smallest absolute Gasteiger partial charge is 0.410 e. The molecule has 1 N–H and O–H groups in total. The van der Waals surface area contributed by atoms with Gasteiger partial charge in [0.25, 0.3) is 0 Å². The van der Waals surface area contributed by atoms with E-state index in [-0.39, 0.29) is 49.6 Å². The maximum Gasteiger partial charge on any atom is 0.410 e. The summed E-state index contributed by atoms with van der Waals surface area (Å²) in [7, 11) is 0. The monoisotopic (exact) mass is 746 g/mol. The van der Waals surface area contributed by atoms with E-state index in [1.54, 1.807) is 21.9 Å². The second kappa shape index (κ2) is 14.3. The molecule has 2 aromatic rings. The number of carbonyl (C=O) groups is 2. The molecule has 2 amide bonds. The minimum atomic E-state index is -1.62. The molecular weight excluding hydrogens is 717 g/mol. The summed E-state index contributed by atoms with van der Waals surface area (Å²) < 4.78 is 18.3. The summed E-state index contributed by atoms with van der Waals surface area (Å²) >= 11 is 33.5. The van der Waals surface area contributed by atoms with Crippen molar-refractivity contribution in [2.45, 2.75) is 95.3 Å². The first kappa shape index (κ1) is 34.8. The number of amides is 2. The first-order valence-corrected chi connectivity index (χ1v) is 16.8. The van der Waals surface area contributed by atoms with E-state index in [1.165, 1.54) is 6.07 Å². The Morgan fingerprint density at radius 2 is 1.24 bits per heavy atom. The van der Waals surface area contributed by atoms with Crippen molar-refractivity contribution < 1.29 is 33.3 Å². The van der Waals surface area contributed by atoms with Gasteiger partial charge in [0.2, 0.25) is 7.59 Å². The molecule has 0 radical (unpaired) electrons. The third-order valence-electron chi connectivity index (χ3n) is 8.44. The Morgan fingerprint density at radius 1 is 0.778 bits per heavy atom. The van der Waals surface area contributed by atoms with Crippen molar-refractivity contribution in [3.63, 3.8) is 0 Å². The fourth-order valence-electron chi connectivity index (χ4n) is 6.71. The Kier molecular flexibility index (Phi) is 11.1. The SMILES string of the molecule is O=C(OCC(Cl)(Cl)Cl)N1[C@@H]2CC[C@H]1CC(O)C2.O=C(OCC(Cl)(Cl)Cl)N1[C@@H]2CC[C@H]1CC(Oc1ccc3ccc(=O)oc3c1)C2. The highest BCUT2D eigenvalue weighted by Gasteiger charge is 2.46. The summed E-state index contributed by atoms with van der Waals surface area (Å²) in [5, 5.41) is 10.4. The van der Waals surface area contributed by atoms with Crippen molar-refractivity contribution in [1.29, 1.82) is 0 Å². The summed E-state index contributed by atoms with van der Waals surface area (Å²) in [5.41, 5.74) is 0.0880. The fraction of sp³-hybridized carbons (Fsp3) is 0.621. The van der Waals surface area contributed by atoms with Crippen molar-refractivity contribution in [1.82, 2.24) is 9.80 Å². The molecule has 4 saturated heterocycles. The van der Waals surface area contributed by atoms with Gasteiger partial charge >= 0.3 is 17.8 Å². The lowest BCUT2D eigenvalue weighted by Gasteiger charge is -2.38. The number of fused-ring (bicyclic) bond motifs is 5. The summed E-state index contributed by atoms with van der Waals surface area (Å²) in [6, 6.07) is 8.72. The van der Waals surface area contributed by atoms with Crippen molar-refractivity contribution in [2.75, 3.05) is 13.2 Å². The van der Waals surface area contributed by atoms with Crippen LogP contribution in [0, 0.1) is 0 Å². The largest absolute Gasteiger partial charge is 0.490 e. The number of ether oxygens (including phenoxy) is 3. The van der Waals surface area contributed by atoms with E-state index in [2.05, 4.69) is 0 Å². The molecule has 45 heavy (non-hydrogen) atoms. The van der Waals surface area contributed by atoms with Gasteiger partial charge in [0.1, 0.15) is 30.7 Å². The van der Waals surface area contributed by atoms with Crippen molar-refractivity contribution >= 4 is 92.8 Å². The molecule has 4 aliphatic heterocycles. The third-order valence-corrected chi connectivity index (χ3v) is 9.09. The Bertz CT molecular complexity index is 1400. The van der Waals surface area contributed by atoms with E-state index in [4.69, 9.17) is 88.2 Å². The van der Waals surface area contributed by atoms with Crippen molar-refractivity contribution in [2.24, 2.45) is 0 Å². The molecule has 5 heterocycles. The Hall–Kier alpha value is -1.53. The topological polar surface area (TPSA) is 119 Å². The van der Waals surface area contributed by atoms with E-state index >= 15 is 0 Å². The number of halogens is 6. The van der Waals surface area contributed by atoms with Crippen LogP contribution >= 0.6 is 69.6 Å². The first-order valence-electron chi connectivity index (χ1n) is 14.6. The number of aliphatic hydroxyl groups excluding tert-OH is 1. The highest BCUT2D eigenvalue weighted by atomic mass is 35.6. The van der Waals surface area contributed by atoms with Gasteiger partial charge < -0.3 is 33.5 Å². The summed E-state index contributed by atoms with van der Waals surface area (Å²) in [6.45, 7) is -0.538. The number of hydrogen-bond acceptors (Lipinski definition) is 8. The predicted molar refractivity (Wildman–Crippen MR) is 172 cm³/mol. The number of piperidine rings is 2. The highest BCUT2D eigenvalue weighted by molar-refractivity contribution is 6.68. The number of aliphatic hydroxyl groups is 1. The van der Waals surface area contributed by atoms with Crippen molar-refractivity contribution in [3.8, 4) is 5.75 Å². The zero-order valence-corrected chi connectivity index (χ0v) is 28.4. The maximum absolute atomic E-state index is 12.4. The van der Waals surface area contributed by atoms with Crippen LogP contribution < -0.4 is 10.4 Å². The minimum Gasteiger partial charge on any atom is -0.490 e.